The molecule has 0 saturated heterocycles. The van der Waals surface area contributed by atoms with Crippen LogP contribution in [0.25, 0.3) is 5.69 Å². The smallest absolute Gasteiger partial charge is 0.237 e. The molecule has 0 bridgehead atoms. The van der Waals surface area contributed by atoms with Gasteiger partial charge in [-0.2, -0.15) is 0 Å². The average Bonchev–Trinajstić information content (AvgIpc) is 3.61. The number of rotatable bonds is 8. The van der Waals surface area contributed by atoms with E-state index >= 15 is 0 Å². The van der Waals surface area contributed by atoms with E-state index in [1.165, 1.54) is 11.8 Å². The monoisotopic (exact) mass is 440 g/mol. The molecular weight excluding hydrogens is 416 g/mol. The molecule has 1 amide bonds. The maximum atomic E-state index is 13.4. The highest BCUT2D eigenvalue weighted by atomic mass is 32.2. The first kappa shape index (κ1) is 20.5. The van der Waals surface area contributed by atoms with Crippen molar-refractivity contribution in [3.05, 3.63) is 102 Å². The second-order valence-corrected chi connectivity index (χ2v) is 8.82. The quantitative estimate of drug-likeness (QED) is 0.341. The normalized spacial score (nSPS) is 13.1. The minimum Gasteiger partial charge on any atom is -0.307 e. The van der Waals surface area contributed by atoms with Crippen molar-refractivity contribution < 1.29 is 4.79 Å². The Morgan fingerprint density at radius 2 is 1.50 bits per heavy atom. The molecule has 0 unspecified atom stereocenters. The van der Waals surface area contributed by atoms with Crippen LogP contribution in [-0.4, -0.2) is 26.4 Å². The van der Waals surface area contributed by atoms with Crippen LogP contribution in [0.15, 0.2) is 96.2 Å². The van der Waals surface area contributed by atoms with Crippen molar-refractivity contribution in [1.29, 1.82) is 0 Å². The van der Waals surface area contributed by atoms with Crippen molar-refractivity contribution in [1.82, 2.24) is 14.8 Å². The van der Waals surface area contributed by atoms with Gasteiger partial charge >= 0.3 is 0 Å². The van der Waals surface area contributed by atoms with Crippen LogP contribution in [0.3, 0.4) is 0 Å². The molecule has 1 fully saturated rings. The van der Waals surface area contributed by atoms with Crippen LogP contribution in [0.5, 0.6) is 0 Å². The molecule has 0 spiro atoms. The number of anilines is 1. The van der Waals surface area contributed by atoms with Gasteiger partial charge in [0.2, 0.25) is 5.91 Å². The fraction of sp³-hybridized carbons (Fsp3) is 0.192. The molecule has 1 aromatic heterocycles. The van der Waals surface area contributed by atoms with E-state index in [-0.39, 0.29) is 11.7 Å². The number of para-hydroxylation sites is 2. The fourth-order valence-electron chi connectivity index (χ4n) is 3.70. The van der Waals surface area contributed by atoms with Crippen molar-refractivity contribution in [2.75, 3.05) is 10.7 Å². The lowest BCUT2D eigenvalue weighted by Gasteiger charge is -2.23. The summed E-state index contributed by atoms with van der Waals surface area (Å²) in [6.07, 6.45) is 2.29. The van der Waals surface area contributed by atoms with Crippen molar-refractivity contribution in [3.8, 4) is 5.69 Å². The third kappa shape index (κ3) is 4.60. The largest absolute Gasteiger partial charge is 0.307 e. The number of carbonyl (C=O) groups excluding carboxylic acids is 1. The molecule has 1 aliphatic rings. The zero-order valence-corrected chi connectivity index (χ0v) is 18.5. The van der Waals surface area contributed by atoms with Gasteiger partial charge < -0.3 is 4.90 Å². The van der Waals surface area contributed by atoms with Crippen LogP contribution in [-0.2, 0) is 11.3 Å². The highest BCUT2D eigenvalue weighted by Crippen LogP contribution is 2.41. The number of hydrogen-bond donors (Lipinski definition) is 0. The Bertz CT molecular complexity index is 1170. The Morgan fingerprint density at radius 3 is 2.16 bits per heavy atom. The number of hydrogen-bond acceptors (Lipinski definition) is 4. The van der Waals surface area contributed by atoms with E-state index in [1.807, 2.05) is 83.8 Å². The number of amides is 1. The van der Waals surface area contributed by atoms with Gasteiger partial charge in [0.25, 0.3) is 0 Å². The summed E-state index contributed by atoms with van der Waals surface area (Å²) in [4.78, 5) is 15.2. The molecule has 1 saturated carbocycles. The summed E-state index contributed by atoms with van der Waals surface area (Å²) < 4.78 is 2.11. The van der Waals surface area contributed by atoms with Gasteiger partial charge in [-0.1, -0.05) is 78.5 Å². The van der Waals surface area contributed by atoms with Gasteiger partial charge in [0.05, 0.1) is 12.3 Å². The van der Waals surface area contributed by atoms with E-state index in [4.69, 9.17) is 0 Å². The molecule has 5 nitrogen and oxygen atoms in total. The molecule has 0 atom stereocenters. The van der Waals surface area contributed by atoms with Gasteiger partial charge in [-0.3, -0.25) is 9.36 Å². The Morgan fingerprint density at radius 1 is 0.875 bits per heavy atom. The van der Waals surface area contributed by atoms with Crippen molar-refractivity contribution >= 4 is 23.4 Å². The van der Waals surface area contributed by atoms with Crippen LogP contribution in [0.4, 0.5) is 5.69 Å². The number of carbonyl (C=O) groups is 1. The van der Waals surface area contributed by atoms with Crippen LogP contribution in [0.2, 0.25) is 0 Å². The summed E-state index contributed by atoms with van der Waals surface area (Å²) in [5.41, 5.74) is 3.03. The summed E-state index contributed by atoms with van der Waals surface area (Å²) in [5, 5.41) is 9.68. The lowest BCUT2D eigenvalue weighted by molar-refractivity contribution is -0.116. The summed E-state index contributed by atoms with van der Waals surface area (Å²) in [6, 6.07) is 30.1. The maximum Gasteiger partial charge on any atom is 0.237 e. The Balaban J connectivity index is 1.38. The van der Waals surface area contributed by atoms with Crippen LogP contribution in [0, 0.1) is 0 Å². The van der Waals surface area contributed by atoms with Crippen LogP contribution in [0.1, 0.15) is 30.1 Å². The third-order valence-electron chi connectivity index (χ3n) is 5.49. The van der Waals surface area contributed by atoms with Crippen molar-refractivity contribution in [2.45, 2.75) is 30.5 Å². The topological polar surface area (TPSA) is 51.0 Å². The first-order valence-corrected chi connectivity index (χ1v) is 11.8. The lowest BCUT2D eigenvalue weighted by atomic mass is 10.2. The van der Waals surface area contributed by atoms with E-state index in [2.05, 4.69) is 26.9 Å². The molecule has 32 heavy (non-hydrogen) atoms. The predicted octanol–water partition coefficient (Wildman–Crippen LogP) is 5.47. The van der Waals surface area contributed by atoms with Crippen molar-refractivity contribution in [3.63, 3.8) is 0 Å². The highest BCUT2D eigenvalue weighted by Gasteiger charge is 2.31. The van der Waals surface area contributed by atoms with Crippen LogP contribution < -0.4 is 4.90 Å². The van der Waals surface area contributed by atoms with Crippen LogP contribution >= 0.6 is 11.8 Å². The second-order valence-electron chi connectivity index (χ2n) is 7.88. The van der Waals surface area contributed by atoms with E-state index in [0.29, 0.717) is 12.5 Å². The molecule has 0 radical (unpaired) electrons. The summed E-state index contributed by atoms with van der Waals surface area (Å²) in [6.45, 7) is 0.531. The number of aromatic nitrogens is 3. The fourth-order valence-corrected chi connectivity index (χ4v) is 4.54. The first-order chi connectivity index (χ1) is 15.8. The van der Waals surface area contributed by atoms with Gasteiger partial charge in [0.15, 0.2) is 5.16 Å². The minimum atomic E-state index is 0.0423. The number of nitrogens with zero attached hydrogens (tertiary/aromatic N) is 4. The standard InChI is InChI=1S/C26H24N4OS/c31-24(29(22-12-6-2-7-13-22)18-20-10-4-1-5-11-20)19-32-26-28-27-25(21-16-17-21)30(26)23-14-8-3-9-15-23/h1-15,21H,16-19H2. The van der Waals surface area contributed by atoms with E-state index in [0.717, 1.165) is 40.8 Å². The van der Waals surface area contributed by atoms with Gasteiger partial charge in [0, 0.05) is 17.3 Å². The highest BCUT2D eigenvalue weighted by molar-refractivity contribution is 7.99. The van der Waals surface area contributed by atoms with E-state index < -0.39 is 0 Å². The molecular formula is C26H24N4OS. The van der Waals surface area contributed by atoms with E-state index in [1.54, 1.807) is 0 Å². The average molecular weight is 441 g/mol. The summed E-state index contributed by atoms with van der Waals surface area (Å²) >= 11 is 1.45. The second kappa shape index (κ2) is 9.40. The van der Waals surface area contributed by atoms with Gasteiger partial charge in [-0.15, -0.1) is 10.2 Å². The Hall–Kier alpha value is -3.38. The molecule has 6 heteroatoms. The number of benzene rings is 3. The molecule has 4 aromatic rings. The molecule has 0 N–H and O–H groups in total. The van der Waals surface area contributed by atoms with Gasteiger partial charge in [0.1, 0.15) is 5.82 Å². The Labute approximate surface area is 192 Å². The summed E-state index contributed by atoms with van der Waals surface area (Å²) in [7, 11) is 0. The molecule has 0 aliphatic heterocycles. The molecule has 160 valence electrons. The maximum absolute atomic E-state index is 13.4. The molecule has 1 heterocycles. The van der Waals surface area contributed by atoms with Gasteiger partial charge in [-0.05, 0) is 42.7 Å². The number of thioether (sulfide) groups is 1. The first-order valence-electron chi connectivity index (χ1n) is 10.8. The Kier molecular flexibility index (Phi) is 6.03. The van der Waals surface area contributed by atoms with Gasteiger partial charge in [-0.25, -0.2) is 0 Å². The summed E-state index contributed by atoms with van der Waals surface area (Å²) in [5.74, 6) is 1.79. The zero-order chi connectivity index (χ0) is 21.8. The molecule has 1 aliphatic carbocycles. The molecule has 5 rings (SSSR count). The lowest BCUT2D eigenvalue weighted by Crippen LogP contribution is -2.32. The third-order valence-corrected chi connectivity index (χ3v) is 6.41. The minimum absolute atomic E-state index is 0.0423. The van der Waals surface area contributed by atoms with Crippen molar-refractivity contribution in [2.24, 2.45) is 0 Å². The van der Waals surface area contributed by atoms with E-state index in [9.17, 15) is 4.79 Å². The predicted molar refractivity (Wildman–Crippen MR) is 128 cm³/mol. The zero-order valence-electron chi connectivity index (χ0n) is 17.7. The SMILES string of the molecule is O=C(CSc1nnc(C2CC2)n1-c1ccccc1)N(Cc1ccccc1)c1ccccc1. The molecule has 3 aromatic carbocycles.